The van der Waals surface area contributed by atoms with Crippen LogP contribution in [0.15, 0.2) is 30.5 Å². The molecule has 2 rings (SSSR count). The van der Waals surface area contributed by atoms with Crippen molar-refractivity contribution in [3.05, 3.63) is 57.2 Å². The minimum Gasteiger partial charge on any atom is -0.383 e. The Morgan fingerprint density at radius 1 is 1.26 bits per heavy atom. The van der Waals surface area contributed by atoms with Gasteiger partial charge in [-0.2, -0.15) is 0 Å². The SMILES string of the molecule is Cc1ccnc(N)c1C(N)Cc1ccc(Cl)cc1Cl. The maximum absolute atomic E-state index is 6.22. The lowest BCUT2D eigenvalue weighted by Gasteiger charge is -2.17. The number of rotatable bonds is 3. The fourth-order valence-corrected chi connectivity index (χ4v) is 2.58. The molecule has 0 aliphatic heterocycles. The predicted molar refractivity (Wildman–Crippen MR) is 80.5 cm³/mol. The van der Waals surface area contributed by atoms with Crippen LogP contribution in [-0.4, -0.2) is 4.98 Å². The minimum atomic E-state index is -0.243. The summed E-state index contributed by atoms with van der Waals surface area (Å²) < 4.78 is 0. The molecule has 0 radical (unpaired) electrons. The van der Waals surface area contributed by atoms with Crippen LogP contribution in [0.2, 0.25) is 10.0 Å². The summed E-state index contributed by atoms with van der Waals surface area (Å²) in [5.41, 5.74) is 15.0. The van der Waals surface area contributed by atoms with Gasteiger partial charge in [-0.05, 0) is 42.7 Å². The van der Waals surface area contributed by atoms with Crippen LogP contribution >= 0.6 is 23.2 Å². The van der Waals surface area contributed by atoms with Crippen LogP contribution in [-0.2, 0) is 6.42 Å². The molecule has 1 atom stereocenters. The Kier molecular flexibility index (Phi) is 4.30. The zero-order chi connectivity index (χ0) is 14.0. The van der Waals surface area contributed by atoms with Crippen molar-refractivity contribution in [2.75, 3.05) is 5.73 Å². The van der Waals surface area contributed by atoms with Gasteiger partial charge in [-0.15, -0.1) is 0 Å². The van der Waals surface area contributed by atoms with Gasteiger partial charge >= 0.3 is 0 Å². The number of pyridine rings is 1. The first-order chi connectivity index (χ1) is 8.99. The molecule has 100 valence electrons. The van der Waals surface area contributed by atoms with Crippen molar-refractivity contribution in [2.45, 2.75) is 19.4 Å². The summed E-state index contributed by atoms with van der Waals surface area (Å²) in [5, 5.41) is 1.22. The molecule has 1 aromatic carbocycles. The molecular formula is C14H15Cl2N3. The molecule has 0 amide bonds. The lowest BCUT2D eigenvalue weighted by atomic mass is 9.97. The second kappa shape index (κ2) is 5.78. The molecule has 1 unspecified atom stereocenters. The van der Waals surface area contributed by atoms with E-state index in [1.165, 1.54) is 0 Å². The number of benzene rings is 1. The van der Waals surface area contributed by atoms with Gasteiger partial charge in [0.15, 0.2) is 0 Å². The molecule has 4 N–H and O–H groups in total. The molecule has 0 aliphatic carbocycles. The maximum atomic E-state index is 6.22. The van der Waals surface area contributed by atoms with Crippen LogP contribution in [0.3, 0.4) is 0 Å². The van der Waals surface area contributed by atoms with Gasteiger partial charge in [-0.3, -0.25) is 0 Å². The Hall–Kier alpha value is -1.29. The Bertz CT molecular complexity index is 579. The molecule has 0 saturated carbocycles. The van der Waals surface area contributed by atoms with Gasteiger partial charge in [0.05, 0.1) is 0 Å². The highest BCUT2D eigenvalue weighted by molar-refractivity contribution is 6.35. The number of nitrogens with two attached hydrogens (primary N) is 2. The zero-order valence-electron chi connectivity index (χ0n) is 10.5. The Balaban J connectivity index is 2.28. The number of hydrogen-bond acceptors (Lipinski definition) is 3. The largest absolute Gasteiger partial charge is 0.383 e. The molecule has 1 aromatic heterocycles. The maximum Gasteiger partial charge on any atom is 0.128 e. The van der Waals surface area contributed by atoms with Crippen molar-refractivity contribution >= 4 is 29.0 Å². The quantitative estimate of drug-likeness (QED) is 0.910. The second-order valence-corrected chi connectivity index (χ2v) is 5.32. The van der Waals surface area contributed by atoms with E-state index in [0.717, 1.165) is 16.7 Å². The summed E-state index contributed by atoms with van der Waals surface area (Å²) >= 11 is 12.0. The number of halogens is 2. The van der Waals surface area contributed by atoms with Crippen molar-refractivity contribution in [3.63, 3.8) is 0 Å². The van der Waals surface area contributed by atoms with E-state index in [0.29, 0.717) is 22.3 Å². The second-order valence-electron chi connectivity index (χ2n) is 4.47. The zero-order valence-corrected chi connectivity index (χ0v) is 12.0. The van der Waals surface area contributed by atoms with Gasteiger partial charge in [0.2, 0.25) is 0 Å². The summed E-state index contributed by atoms with van der Waals surface area (Å²) in [5.74, 6) is 0.470. The van der Waals surface area contributed by atoms with Crippen molar-refractivity contribution in [1.82, 2.24) is 4.98 Å². The predicted octanol–water partition coefficient (Wildman–Crippen LogP) is 3.52. The van der Waals surface area contributed by atoms with Crippen LogP contribution in [0.25, 0.3) is 0 Å². The number of aryl methyl sites for hydroxylation is 1. The molecule has 0 bridgehead atoms. The van der Waals surface area contributed by atoms with Crippen molar-refractivity contribution in [2.24, 2.45) is 5.73 Å². The molecule has 0 spiro atoms. The van der Waals surface area contributed by atoms with Crippen LogP contribution in [0, 0.1) is 6.92 Å². The van der Waals surface area contributed by atoms with E-state index >= 15 is 0 Å². The molecule has 1 heterocycles. The summed E-state index contributed by atoms with van der Waals surface area (Å²) in [6.45, 7) is 1.97. The Labute approximate surface area is 122 Å². The average molecular weight is 296 g/mol. The lowest BCUT2D eigenvalue weighted by molar-refractivity contribution is 0.716. The molecule has 3 nitrogen and oxygen atoms in total. The average Bonchev–Trinajstić information content (AvgIpc) is 2.32. The van der Waals surface area contributed by atoms with Crippen LogP contribution in [0.4, 0.5) is 5.82 Å². The molecular weight excluding hydrogens is 281 g/mol. The highest BCUT2D eigenvalue weighted by Gasteiger charge is 2.15. The van der Waals surface area contributed by atoms with E-state index in [-0.39, 0.29) is 6.04 Å². The third-order valence-corrected chi connectivity index (χ3v) is 3.65. The number of anilines is 1. The number of hydrogen-bond donors (Lipinski definition) is 2. The monoisotopic (exact) mass is 295 g/mol. The first-order valence-electron chi connectivity index (χ1n) is 5.89. The van der Waals surface area contributed by atoms with Crippen LogP contribution in [0.5, 0.6) is 0 Å². The summed E-state index contributed by atoms with van der Waals surface area (Å²) in [4.78, 5) is 4.08. The van der Waals surface area contributed by atoms with E-state index in [4.69, 9.17) is 34.7 Å². The molecule has 0 fully saturated rings. The Morgan fingerprint density at radius 3 is 2.63 bits per heavy atom. The third kappa shape index (κ3) is 3.18. The normalized spacial score (nSPS) is 12.4. The minimum absolute atomic E-state index is 0.243. The van der Waals surface area contributed by atoms with Crippen molar-refractivity contribution in [1.29, 1.82) is 0 Å². The molecule has 19 heavy (non-hydrogen) atoms. The fourth-order valence-electron chi connectivity index (χ4n) is 2.10. The summed E-state index contributed by atoms with van der Waals surface area (Å²) in [7, 11) is 0. The van der Waals surface area contributed by atoms with Gasteiger partial charge < -0.3 is 11.5 Å². The first kappa shape index (κ1) is 14.1. The first-order valence-corrected chi connectivity index (χ1v) is 6.65. The molecule has 2 aromatic rings. The van der Waals surface area contributed by atoms with E-state index in [9.17, 15) is 0 Å². The van der Waals surface area contributed by atoms with Gasteiger partial charge in [0.25, 0.3) is 0 Å². The topological polar surface area (TPSA) is 64.9 Å². The summed E-state index contributed by atoms with van der Waals surface area (Å²) in [6, 6.07) is 7.05. The standard InChI is InChI=1S/C14H15Cl2N3/c1-8-4-5-19-14(18)13(8)12(17)6-9-2-3-10(15)7-11(9)16/h2-5,7,12H,6,17H2,1H3,(H2,18,19). The molecule has 0 saturated heterocycles. The van der Waals surface area contributed by atoms with E-state index in [2.05, 4.69) is 4.98 Å². The molecule has 5 heteroatoms. The van der Waals surface area contributed by atoms with Gasteiger partial charge in [-0.25, -0.2) is 4.98 Å². The number of nitrogen functional groups attached to an aromatic ring is 1. The molecule has 0 aliphatic rings. The Morgan fingerprint density at radius 2 is 2.00 bits per heavy atom. The van der Waals surface area contributed by atoms with Gasteiger partial charge in [0.1, 0.15) is 5.82 Å². The van der Waals surface area contributed by atoms with Crippen molar-refractivity contribution in [3.8, 4) is 0 Å². The fraction of sp³-hybridized carbons (Fsp3) is 0.214. The van der Waals surface area contributed by atoms with Crippen molar-refractivity contribution < 1.29 is 0 Å². The van der Waals surface area contributed by atoms with Gasteiger partial charge in [-0.1, -0.05) is 29.3 Å². The highest BCUT2D eigenvalue weighted by Crippen LogP contribution is 2.28. The number of nitrogens with zero attached hydrogens (tertiary/aromatic N) is 1. The van der Waals surface area contributed by atoms with Gasteiger partial charge in [0, 0.05) is 27.8 Å². The highest BCUT2D eigenvalue weighted by atomic mass is 35.5. The van der Waals surface area contributed by atoms with E-state index < -0.39 is 0 Å². The van der Waals surface area contributed by atoms with E-state index in [1.807, 2.05) is 19.1 Å². The lowest BCUT2D eigenvalue weighted by Crippen LogP contribution is -2.17. The smallest absolute Gasteiger partial charge is 0.128 e. The van der Waals surface area contributed by atoms with E-state index in [1.54, 1.807) is 18.3 Å². The van der Waals surface area contributed by atoms with Crippen LogP contribution < -0.4 is 11.5 Å². The van der Waals surface area contributed by atoms with Crippen LogP contribution in [0.1, 0.15) is 22.7 Å². The number of aromatic nitrogens is 1. The third-order valence-electron chi connectivity index (χ3n) is 3.06. The summed E-state index contributed by atoms with van der Waals surface area (Å²) in [6.07, 6.45) is 2.27.